The molecule has 0 N–H and O–H groups in total. The minimum atomic E-state index is -0.408. The maximum absolute atomic E-state index is 12.1. The van der Waals surface area contributed by atoms with Gasteiger partial charge in [0, 0.05) is 6.42 Å². The predicted molar refractivity (Wildman–Crippen MR) is 102 cm³/mol. The van der Waals surface area contributed by atoms with Crippen LogP contribution < -0.4 is 14.2 Å². The number of benzene rings is 2. The standard InChI is InChI=1S/C21H24O7/c1-24-17-11-15(12-18(25-2)20(17)26-3)7-10-19(22)28-13-14-5-8-16(9-6-14)21(23)27-4/h5-6,8-9,11-12H,7,10,13H2,1-4H3. The van der Waals surface area contributed by atoms with Gasteiger partial charge in [-0.3, -0.25) is 4.79 Å². The second-order valence-electron chi connectivity index (χ2n) is 5.88. The van der Waals surface area contributed by atoms with Crippen molar-refractivity contribution >= 4 is 11.9 Å². The van der Waals surface area contributed by atoms with Gasteiger partial charge in [-0.1, -0.05) is 12.1 Å². The molecule has 2 aromatic carbocycles. The first kappa shape index (κ1) is 21.1. The Balaban J connectivity index is 1.91. The summed E-state index contributed by atoms with van der Waals surface area (Å²) in [6, 6.07) is 10.3. The van der Waals surface area contributed by atoms with Gasteiger partial charge in [0.1, 0.15) is 6.61 Å². The molecule has 0 atom stereocenters. The Kier molecular flexibility index (Phi) is 7.68. The van der Waals surface area contributed by atoms with Gasteiger partial charge in [-0.05, 0) is 41.8 Å². The number of aryl methyl sites for hydroxylation is 1. The number of hydrogen-bond acceptors (Lipinski definition) is 7. The van der Waals surface area contributed by atoms with E-state index in [2.05, 4.69) is 4.74 Å². The first-order chi connectivity index (χ1) is 13.5. The molecular weight excluding hydrogens is 364 g/mol. The number of carbonyl (C=O) groups excluding carboxylic acids is 2. The van der Waals surface area contributed by atoms with Crippen LogP contribution in [0.5, 0.6) is 17.2 Å². The van der Waals surface area contributed by atoms with Gasteiger partial charge in [-0.15, -0.1) is 0 Å². The van der Waals surface area contributed by atoms with Crippen molar-refractivity contribution in [3.8, 4) is 17.2 Å². The monoisotopic (exact) mass is 388 g/mol. The lowest BCUT2D eigenvalue weighted by Crippen LogP contribution is -2.07. The van der Waals surface area contributed by atoms with Crippen molar-refractivity contribution in [3.63, 3.8) is 0 Å². The first-order valence-corrected chi connectivity index (χ1v) is 8.64. The third-order valence-electron chi connectivity index (χ3n) is 4.12. The van der Waals surface area contributed by atoms with Gasteiger partial charge >= 0.3 is 11.9 Å². The topological polar surface area (TPSA) is 80.3 Å². The minimum absolute atomic E-state index is 0.134. The molecule has 0 heterocycles. The van der Waals surface area contributed by atoms with Gasteiger partial charge in [-0.2, -0.15) is 0 Å². The van der Waals surface area contributed by atoms with E-state index in [0.717, 1.165) is 11.1 Å². The molecule has 0 radical (unpaired) electrons. The molecule has 0 aliphatic heterocycles. The van der Waals surface area contributed by atoms with E-state index < -0.39 is 5.97 Å². The molecular formula is C21H24O7. The molecule has 0 aliphatic carbocycles. The molecule has 0 bridgehead atoms. The molecule has 0 saturated carbocycles. The van der Waals surface area contributed by atoms with E-state index in [-0.39, 0.29) is 19.0 Å². The van der Waals surface area contributed by atoms with Gasteiger partial charge in [-0.25, -0.2) is 4.79 Å². The third-order valence-corrected chi connectivity index (χ3v) is 4.12. The average Bonchev–Trinajstić information content (AvgIpc) is 2.74. The number of esters is 2. The summed E-state index contributed by atoms with van der Waals surface area (Å²) in [4.78, 5) is 23.5. The van der Waals surface area contributed by atoms with Crippen molar-refractivity contribution in [2.24, 2.45) is 0 Å². The molecule has 0 aromatic heterocycles. The van der Waals surface area contributed by atoms with Crippen LogP contribution in [-0.4, -0.2) is 40.4 Å². The molecule has 0 unspecified atom stereocenters. The SMILES string of the molecule is COC(=O)c1ccc(COC(=O)CCc2cc(OC)c(OC)c(OC)c2)cc1. The Morgan fingerprint density at radius 2 is 1.43 bits per heavy atom. The normalized spacial score (nSPS) is 10.1. The van der Waals surface area contributed by atoms with Gasteiger partial charge in [0.05, 0.1) is 34.0 Å². The van der Waals surface area contributed by atoms with Crippen LogP contribution in [0.2, 0.25) is 0 Å². The molecule has 0 amide bonds. The Labute approximate surface area is 164 Å². The Bertz CT molecular complexity index is 787. The smallest absolute Gasteiger partial charge is 0.337 e. The van der Waals surface area contributed by atoms with Crippen LogP contribution in [0, 0.1) is 0 Å². The minimum Gasteiger partial charge on any atom is -0.493 e. The summed E-state index contributed by atoms with van der Waals surface area (Å²) in [6.45, 7) is 0.134. The van der Waals surface area contributed by atoms with E-state index in [4.69, 9.17) is 18.9 Å². The first-order valence-electron chi connectivity index (χ1n) is 8.64. The van der Waals surface area contributed by atoms with Crippen molar-refractivity contribution in [2.45, 2.75) is 19.4 Å². The number of methoxy groups -OCH3 is 4. The van der Waals surface area contributed by atoms with Crippen molar-refractivity contribution < 1.29 is 33.3 Å². The summed E-state index contributed by atoms with van der Waals surface area (Å²) >= 11 is 0. The summed E-state index contributed by atoms with van der Waals surface area (Å²) in [5, 5.41) is 0. The summed E-state index contributed by atoms with van der Waals surface area (Å²) in [6.07, 6.45) is 0.676. The second-order valence-corrected chi connectivity index (χ2v) is 5.88. The van der Waals surface area contributed by atoms with Crippen LogP contribution in [0.15, 0.2) is 36.4 Å². The summed E-state index contributed by atoms with van der Waals surface area (Å²) in [5.74, 6) is 0.846. The molecule has 0 fully saturated rings. The lowest BCUT2D eigenvalue weighted by molar-refractivity contribution is -0.144. The average molecular weight is 388 g/mol. The molecule has 0 spiro atoms. The molecule has 0 aliphatic rings. The highest BCUT2D eigenvalue weighted by molar-refractivity contribution is 5.89. The van der Waals surface area contributed by atoms with Crippen LogP contribution in [0.4, 0.5) is 0 Å². The van der Waals surface area contributed by atoms with Crippen molar-refractivity contribution in [3.05, 3.63) is 53.1 Å². The molecule has 7 nitrogen and oxygen atoms in total. The van der Waals surface area contributed by atoms with E-state index in [1.807, 2.05) is 0 Å². The lowest BCUT2D eigenvalue weighted by atomic mass is 10.1. The number of rotatable bonds is 9. The molecule has 2 aromatic rings. The summed E-state index contributed by atoms with van der Waals surface area (Å²) in [5.41, 5.74) is 2.10. The fourth-order valence-electron chi connectivity index (χ4n) is 2.62. The Morgan fingerprint density at radius 3 is 1.93 bits per heavy atom. The van der Waals surface area contributed by atoms with E-state index in [9.17, 15) is 9.59 Å². The highest BCUT2D eigenvalue weighted by atomic mass is 16.5. The van der Waals surface area contributed by atoms with Crippen LogP contribution in [0.25, 0.3) is 0 Å². The highest BCUT2D eigenvalue weighted by Crippen LogP contribution is 2.38. The Hall–Kier alpha value is -3.22. The zero-order valence-electron chi connectivity index (χ0n) is 16.4. The van der Waals surface area contributed by atoms with E-state index in [1.165, 1.54) is 14.2 Å². The molecule has 7 heteroatoms. The molecule has 0 saturated heterocycles. The summed E-state index contributed by atoms with van der Waals surface area (Å²) in [7, 11) is 5.95. The van der Waals surface area contributed by atoms with Crippen LogP contribution in [-0.2, 0) is 27.3 Å². The van der Waals surface area contributed by atoms with E-state index in [0.29, 0.717) is 29.2 Å². The lowest BCUT2D eigenvalue weighted by Gasteiger charge is -2.14. The molecule has 150 valence electrons. The van der Waals surface area contributed by atoms with Gasteiger partial charge in [0.15, 0.2) is 11.5 Å². The maximum atomic E-state index is 12.1. The number of hydrogen-bond donors (Lipinski definition) is 0. The van der Waals surface area contributed by atoms with Crippen molar-refractivity contribution in [1.82, 2.24) is 0 Å². The number of ether oxygens (including phenoxy) is 5. The quantitative estimate of drug-likeness (QED) is 0.610. The van der Waals surface area contributed by atoms with Crippen LogP contribution >= 0.6 is 0 Å². The zero-order chi connectivity index (χ0) is 20.5. The van der Waals surface area contributed by atoms with Gasteiger partial charge in [0.25, 0.3) is 0 Å². The second kappa shape index (κ2) is 10.2. The molecule has 28 heavy (non-hydrogen) atoms. The van der Waals surface area contributed by atoms with Gasteiger partial charge < -0.3 is 23.7 Å². The van der Waals surface area contributed by atoms with E-state index in [1.54, 1.807) is 50.6 Å². The van der Waals surface area contributed by atoms with E-state index >= 15 is 0 Å². The fourth-order valence-corrected chi connectivity index (χ4v) is 2.62. The molecule has 2 rings (SSSR count). The van der Waals surface area contributed by atoms with Crippen molar-refractivity contribution in [1.29, 1.82) is 0 Å². The largest absolute Gasteiger partial charge is 0.493 e. The fraction of sp³-hybridized carbons (Fsp3) is 0.333. The maximum Gasteiger partial charge on any atom is 0.337 e. The van der Waals surface area contributed by atoms with Crippen LogP contribution in [0.1, 0.15) is 27.9 Å². The zero-order valence-corrected chi connectivity index (χ0v) is 16.4. The predicted octanol–water partition coefficient (Wildman–Crippen LogP) is 3.18. The van der Waals surface area contributed by atoms with Crippen molar-refractivity contribution in [2.75, 3.05) is 28.4 Å². The van der Waals surface area contributed by atoms with Crippen LogP contribution in [0.3, 0.4) is 0 Å². The Morgan fingerprint density at radius 1 is 0.821 bits per heavy atom. The number of carbonyl (C=O) groups is 2. The third kappa shape index (κ3) is 5.39. The summed E-state index contributed by atoms with van der Waals surface area (Å²) < 4.78 is 25.8. The highest BCUT2D eigenvalue weighted by Gasteiger charge is 2.14. The van der Waals surface area contributed by atoms with Gasteiger partial charge in [0.2, 0.25) is 5.75 Å².